The van der Waals surface area contributed by atoms with Crippen molar-refractivity contribution in [3.63, 3.8) is 0 Å². The lowest BCUT2D eigenvalue weighted by Gasteiger charge is -2.39. The highest BCUT2D eigenvalue weighted by molar-refractivity contribution is 5.57. The number of anilines is 1. The molecule has 4 nitrogen and oxygen atoms in total. The molecule has 102 valence electrons. The van der Waals surface area contributed by atoms with Crippen molar-refractivity contribution in [3.05, 3.63) is 18.2 Å². The summed E-state index contributed by atoms with van der Waals surface area (Å²) in [6, 6.07) is 7.10. The van der Waals surface area contributed by atoms with Crippen LogP contribution in [-0.2, 0) is 0 Å². The van der Waals surface area contributed by atoms with Crippen molar-refractivity contribution in [2.75, 3.05) is 44.3 Å². The average Bonchev–Trinajstić information content (AvgIpc) is 2.94. The molecular formula is C15H20N2O2. The summed E-state index contributed by atoms with van der Waals surface area (Å²) in [4.78, 5) is 5.12. The van der Waals surface area contributed by atoms with Gasteiger partial charge in [-0.2, -0.15) is 0 Å². The molecule has 0 radical (unpaired) electrons. The molecule has 2 saturated heterocycles. The quantitative estimate of drug-likeness (QED) is 0.768. The molecule has 0 N–H and O–H groups in total. The number of fused-ring (bicyclic) bond motifs is 2. The first-order chi connectivity index (χ1) is 9.40. The Labute approximate surface area is 113 Å². The number of piperazine rings is 1. The van der Waals surface area contributed by atoms with Gasteiger partial charge in [0.25, 0.3) is 0 Å². The first-order valence-corrected chi connectivity index (χ1v) is 7.29. The van der Waals surface area contributed by atoms with Crippen LogP contribution in [0.4, 0.5) is 5.69 Å². The minimum Gasteiger partial charge on any atom is -0.486 e. The smallest absolute Gasteiger partial charge is 0.163 e. The molecule has 1 unspecified atom stereocenters. The van der Waals surface area contributed by atoms with Gasteiger partial charge in [0.15, 0.2) is 11.5 Å². The molecular weight excluding hydrogens is 240 g/mol. The van der Waals surface area contributed by atoms with Crippen LogP contribution in [0.25, 0.3) is 0 Å². The second kappa shape index (κ2) is 4.60. The van der Waals surface area contributed by atoms with Gasteiger partial charge in [-0.05, 0) is 31.5 Å². The van der Waals surface area contributed by atoms with Crippen molar-refractivity contribution in [2.24, 2.45) is 0 Å². The summed E-state index contributed by atoms with van der Waals surface area (Å²) in [5, 5.41) is 0. The molecule has 2 fully saturated rings. The van der Waals surface area contributed by atoms with E-state index in [0.717, 1.165) is 30.6 Å². The summed E-state index contributed by atoms with van der Waals surface area (Å²) in [5.41, 5.74) is 1.27. The van der Waals surface area contributed by atoms with Crippen molar-refractivity contribution in [1.82, 2.24) is 4.90 Å². The van der Waals surface area contributed by atoms with E-state index in [1.165, 1.54) is 31.6 Å². The molecule has 19 heavy (non-hydrogen) atoms. The second-order valence-electron chi connectivity index (χ2n) is 5.61. The first kappa shape index (κ1) is 11.4. The van der Waals surface area contributed by atoms with Crippen molar-refractivity contribution in [3.8, 4) is 11.5 Å². The Bertz CT molecular complexity index is 477. The Morgan fingerprint density at radius 3 is 2.84 bits per heavy atom. The summed E-state index contributed by atoms with van der Waals surface area (Å²) in [6.07, 6.45) is 2.71. The fraction of sp³-hybridized carbons (Fsp3) is 0.600. The predicted octanol–water partition coefficient (Wildman–Crippen LogP) is 1.74. The number of benzene rings is 1. The van der Waals surface area contributed by atoms with Gasteiger partial charge in [0.1, 0.15) is 13.2 Å². The lowest BCUT2D eigenvalue weighted by molar-refractivity contribution is 0.171. The van der Waals surface area contributed by atoms with Gasteiger partial charge in [0.05, 0.1) is 0 Å². The van der Waals surface area contributed by atoms with Crippen molar-refractivity contribution >= 4 is 5.69 Å². The Hall–Kier alpha value is -1.42. The van der Waals surface area contributed by atoms with Crippen LogP contribution in [0, 0.1) is 0 Å². The molecule has 1 atom stereocenters. The highest BCUT2D eigenvalue weighted by Crippen LogP contribution is 2.35. The maximum atomic E-state index is 5.68. The van der Waals surface area contributed by atoms with Crippen LogP contribution < -0.4 is 14.4 Å². The second-order valence-corrected chi connectivity index (χ2v) is 5.61. The first-order valence-electron chi connectivity index (χ1n) is 7.29. The van der Waals surface area contributed by atoms with Crippen LogP contribution in [0.15, 0.2) is 18.2 Å². The topological polar surface area (TPSA) is 24.9 Å². The predicted molar refractivity (Wildman–Crippen MR) is 74.2 cm³/mol. The van der Waals surface area contributed by atoms with Gasteiger partial charge in [-0.1, -0.05) is 0 Å². The lowest BCUT2D eigenvalue weighted by Crippen LogP contribution is -2.50. The minimum absolute atomic E-state index is 0.660. The molecule has 0 aliphatic carbocycles. The Morgan fingerprint density at radius 1 is 1.00 bits per heavy atom. The monoisotopic (exact) mass is 260 g/mol. The van der Waals surface area contributed by atoms with Gasteiger partial charge < -0.3 is 14.4 Å². The molecule has 0 spiro atoms. The Morgan fingerprint density at radius 2 is 1.89 bits per heavy atom. The zero-order valence-electron chi connectivity index (χ0n) is 11.2. The van der Waals surface area contributed by atoms with Gasteiger partial charge in [0.2, 0.25) is 0 Å². The van der Waals surface area contributed by atoms with Gasteiger partial charge in [0, 0.05) is 37.4 Å². The fourth-order valence-corrected chi connectivity index (χ4v) is 3.45. The number of nitrogens with zero attached hydrogens (tertiary/aromatic N) is 2. The van der Waals surface area contributed by atoms with Crippen LogP contribution >= 0.6 is 0 Å². The van der Waals surface area contributed by atoms with Gasteiger partial charge in [-0.3, -0.25) is 4.90 Å². The molecule has 3 heterocycles. The van der Waals surface area contributed by atoms with E-state index >= 15 is 0 Å². The molecule has 3 aliphatic rings. The molecule has 0 aromatic heterocycles. The van der Waals surface area contributed by atoms with Gasteiger partial charge >= 0.3 is 0 Å². The van der Waals surface area contributed by atoms with Gasteiger partial charge in [-0.25, -0.2) is 0 Å². The summed E-state index contributed by atoms with van der Waals surface area (Å²) in [5.74, 6) is 1.78. The molecule has 0 amide bonds. The van der Waals surface area contributed by atoms with Crippen LogP contribution in [-0.4, -0.2) is 50.3 Å². The highest BCUT2D eigenvalue weighted by atomic mass is 16.6. The van der Waals surface area contributed by atoms with E-state index in [1.54, 1.807) is 0 Å². The molecule has 1 aromatic rings. The lowest BCUT2D eigenvalue weighted by atomic mass is 10.1. The van der Waals surface area contributed by atoms with Crippen LogP contribution in [0.5, 0.6) is 11.5 Å². The molecule has 4 heteroatoms. The third kappa shape index (κ3) is 2.04. The summed E-state index contributed by atoms with van der Waals surface area (Å²) >= 11 is 0. The van der Waals surface area contributed by atoms with E-state index in [-0.39, 0.29) is 0 Å². The molecule has 1 aromatic carbocycles. The number of hydrogen-bond donors (Lipinski definition) is 0. The summed E-state index contributed by atoms with van der Waals surface area (Å²) in [6.45, 7) is 6.08. The fourth-order valence-electron chi connectivity index (χ4n) is 3.45. The number of rotatable bonds is 1. The molecule has 4 rings (SSSR count). The van der Waals surface area contributed by atoms with E-state index in [4.69, 9.17) is 9.47 Å². The Kier molecular flexibility index (Phi) is 2.76. The molecule has 0 bridgehead atoms. The molecule has 0 saturated carbocycles. The summed E-state index contributed by atoms with van der Waals surface area (Å²) in [7, 11) is 0. The maximum absolute atomic E-state index is 5.68. The standard InChI is InChI=1S/C15H20N2O2/c1-2-13-11-17(7-6-16(13)5-1)12-3-4-14-15(10-12)19-9-8-18-14/h3-4,10,13H,1-2,5-9,11H2. The Balaban J connectivity index is 1.55. The third-order valence-electron chi connectivity index (χ3n) is 4.48. The van der Waals surface area contributed by atoms with Crippen molar-refractivity contribution in [1.29, 1.82) is 0 Å². The van der Waals surface area contributed by atoms with E-state index in [9.17, 15) is 0 Å². The van der Waals surface area contributed by atoms with E-state index in [2.05, 4.69) is 21.9 Å². The molecule has 3 aliphatic heterocycles. The number of ether oxygens (including phenoxy) is 2. The van der Waals surface area contributed by atoms with E-state index in [1.807, 2.05) is 6.07 Å². The van der Waals surface area contributed by atoms with E-state index < -0.39 is 0 Å². The van der Waals surface area contributed by atoms with Crippen LogP contribution in [0.2, 0.25) is 0 Å². The van der Waals surface area contributed by atoms with Crippen LogP contribution in [0.1, 0.15) is 12.8 Å². The normalized spacial score (nSPS) is 26.3. The maximum Gasteiger partial charge on any atom is 0.163 e. The minimum atomic E-state index is 0.660. The zero-order valence-corrected chi connectivity index (χ0v) is 11.2. The zero-order chi connectivity index (χ0) is 12.7. The third-order valence-corrected chi connectivity index (χ3v) is 4.48. The van der Waals surface area contributed by atoms with Crippen molar-refractivity contribution in [2.45, 2.75) is 18.9 Å². The largest absolute Gasteiger partial charge is 0.486 e. The SMILES string of the molecule is c1cc2c(cc1N1CCN3CCCC3C1)OCCO2. The van der Waals surface area contributed by atoms with Crippen LogP contribution in [0.3, 0.4) is 0 Å². The number of hydrogen-bond acceptors (Lipinski definition) is 4. The van der Waals surface area contributed by atoms with Gasteiger partial charge in [-0.15, -0.1) is 0 Å². The van der Waals surface area contributed by atoms with Crippen molar-refractivity contribution < 1.29 is 9.47 Å². The summed E-state index contributed by atoms with van der Waals surface area (Å²) < 4.78 is 11.3. The average molecular weight is 260 g/mol. The highest BCUT2D eigenvalue weighted by Gasteiger charge is 2.30. The van der Waals surface area contributed by atoms with E-state index in [0.29, 0.717) is 13.2 Å².